The molecule has 2 aromatic carbocycles. The molecular weight excluding hydrogens is 494 g/mol. The Morgan fingerprint density at radius 2 is 1.97 bits per heavy atom. The maximum atomic E-state index is 14.8. The molecule has 5 rings (SSSR count). The number of likely N-dealkylation sites (tertiary alicyclic amines) is 1. The Labute approximate surface area is 209 Å². The standard InChI is InChI=1S/C25H23F4N5O3/c1-14(16-4-18(26)7-19(5-16)37-11-23(35)33-12-25(28,29)13-33)32-24(36)34-3-2-15-6-20(17-9-30-31-10-17)21(27)8-22(15)34/h4-10,14H,2-3,11-13H2,1H3,(H,30,31)(H,32,36)/t14-/m1/s1. The number of urea groups is 1. The number of ether oxygens (including phenoxy) is 1. The van der Waals surface area contributed by atoms with E-state index in [1.165, 1.54) is 29.3 Å². The second-order valence-electron chi connectivity index (χ2n) is 9.14. The molecule has 1 fully saturated rings. The molecule has 1 saturated heterocycles. The fourth-order valence-corrected chi connectivity index (χ4v) is 4.43. The minimum Gasteiger partial charge on any atom is -0.484 e. The van der Waals surface area contributed by atoms with E-state index in [1.807, 2.05) is 0 Å². The van der Waals surface area contributed by atoms with Crippen LogP contribution in [0.15, 0.2) is 42.7 Å². The zero-order valence-electron chi connectivity index (χ0n) is 19.7. The zero-order chi connectivity index (χ0) is 26.3. The molecule has 0 aliphatic carbocycles. The molecule has 2 N–H and O–H groups in total. The van der Waals surface area contributed by atoms with Gasteiger partial charge in [0, 0.05) is 29.9 Å². The van der Waals surface area contributed by atoms with Gasteiger partial charge in [0.15, 0.2) is 6.61 Å². The van der Waals surface area contributed by atoms with Crippen LogP contribution in [0.1, 0.15) is 24.1 Å². The molecule has 194 valence electrons. The van der Waals surface area contributed by atoms with E-state index in [0.29, 0.717) is 35.3 Å². The average Bonchev–Trinajstić information content (AvgIpc) is 3.50. The SMILES string of the molecule is C[C@@H](NC(=O)N1CCc2cc(-c3cn[nH]c3)c(F)cc21)c1cc(F)cc(OCC(=O)N2CC(F)(F)C2)c1. The van der Waals surface area contributed by atoms with Crippen LogP contribution in [0.4, 0.5) is 28.0 Å². The van der Waals surface area contributed by atoms with E-state index in [1.54, 1.807) is 19.2 Å². The number of alkyl halides is 2. The number of nitrogens with zero attached hydrogens (tertiary/aromatic N) is 3. The third-order valence-corrected chi connectivity index (χ3v) is 6.41. The molecule has 2 aliphatic rings. The van der Waals surface area contributed by atoms with Gasteiger partial charge in [-0.3, -0.25) is 14.8 Å². The number of aromatic amines is 1. The number of hydrogen-bond donors (Lipinski definition) is 2. The number of fused-ring (bicyclic) bond motifs is 1. The van der Waals surface area contributed by atoms with Gasteiger partial charge in [0.2, 0.25) is 0 Å². The lowest BCUT2D eigenvalue weighted by atomic mass is 10.0. The first-order valence-corrected chi connectivity index (χ1v) is 11.6. The Bertz CT molecular complexity index is 1340. The van der Waals surface area contributed by atoms with Crippen LogP contribution in [0.5, 0.6) is 5.75 Å². The van der Waals surface area contributed by atoms with E-state index in [2.05, 4.69) is 15.5 Å². The summed E-state index contributed by atoms with van der Waals surface area (Å²) >= 11 is 0. The van der Waals surface area contributed by atoms with Crippen LogP contribution in [0.25, 0.3) is 11.1 Å². The number of rotatable bonds is 6. The topological polar surface area (TPSA) is 90.6 Å². The van der Waals surface area contributed by atoms with E-state index >= 15 is 0 Å². The van der Waals surface area contributed by atoms with Gasteiger partial charge in [0.1, 0.15) is 17.4 Å². The van der Waals surface area contributed by atoms with Crippen LogP contribution in [0.3, 0.4) is 0 Å². The van der Waals surface area contributed by atoms with Gasteiger partial charge in [-0.05, 0) is 48.7 Å². The summed E-state index contributed by atoms with van der Waals surface area (Å²) in [5.41, 5.74) is 2.62. The Morgan fingerprint density at radius 1 is 1.19 bits per heavy atom. The largest absolute Gasteiger partial charge is 0.484 e. The summed E-state index contributed by atoms with van der Waals surface area (Å²) in [5.74, 6) is -4.64. The van der Waals surface area contributed by atoms with Crippen molar-refractivity contribution in [1.29, 1.82) is 0 Å². The third kappa shape index (κ3) is 5.09. The summed E-state index contributed by atoms with van der Waals surface area (Å²) in [6, 6.07) is 5.61. The number of H-pyrrole nitrogens is 1. The number of aromatic nitrogens is 2. The van der Waals surface area contributed by atoms with E-state index in [-0.39, 0.29) is 5.75 Å². The van der Waals surface area contributed by atoms with Gasteiger partial charge in [0.05, 0.1) is 31.0 Å². The lowest BCUT2D eigenvalue weighted by Crippen LogP contribution is -2.59. The van der Waals surface area contributed by atoms with Crippen LogP contribution >= 0.6 is 0 Å². The number of carbonyl (C=O) groups is 2. The summed E-state index contributed by atoms with van der Waals surface area (Å²) < 4.78 is 60.3. The van der Waals surface area contributed by atoms with Gasteiger partial charge >= 0.3 is 6.03 Å². The molecule has 2 aliphatic heterocycles. The van der Waals surface area contributed by atoms with Crippen molar-refractivity contribution in [3.8, 4) is 16.9 Å². The number of nitrogens with one attached hydrogen (secondary N) is 2. The van der Waals surface area contributed by atoms with Gasteiger partial charge in [0.25, 0.3) is 11.8 Å². The quantitative estimate of drug-likeness (QED) is 0.483. The van der Waals surface area contributed by atoms with Crippen LogP contribution in [-0.2, 0) is 11.2 Å². The lowest BCUT2D eigenvalue weighted by molar-refractivity contribution is -0.167. The van der Waals surface area contributed by atoms with Crippen molar-refractivity contribution in [2.24, 2.45) is 0 Å². The average molecular weight is 517 g/mol. The van der Waals surface area contributed by atoms with Crippen molar-refractivity contribution in [3.05, 3.63) is 65.5 Å². The molecular formula is C25H23F4N5O3. The Kier molecular flexibility index (Phi) is 6.26. The number of anilines is 1. The Hall–Kier alpha value is -4.09. The summed E-state index contributed by atoms with van der Waals surface area (Å²) in [6.07, 6.45) is 3.64. The van der Waals surface area contributed by atoms with Gasteiger partial charge in [-0.2, -0.15) is 5.10 Å². The van der Waals surface area contributed by atoms with E-state index in [4.69, 9.17) is 4.74 Å². The van der Waals surface area contributed by atoms with Crippen molar-refractivity contribution >= 4 is 17.6 Å². The van der Waals surface area contributed by atoms with Crippen molar-refractivity contribution in [1.82, 2.24) is 20.4 Å². The number of carbonyl (C=O) groups excluding carboxylic acids is 2. The molecule has 8 nitrogen and oxygen atoms in total. The van der Waals surface area contributed by atoms with Crippen LogP contribution in [0, 0.1) is 11.6 Å². The van der Waals surface area contributed by atoms with Crippen LogP contribution in [0.2, 0.25) is 0 Å². The van der Waals surface area contributed by atoms with Crippen molar-refractivity contribution < 1.29 is 31.9 Å². The fraction of sp³-hybridized carbons (Fsp3) is 0.320. The molecule has 3 amide bonds. The van der Waals surface area contributed by atoms with E-state index in [0.717, 1.165) is 16.5 Å². The number of amides is 3. The Balaban J connectivity index is 1.24. The van der Waals surface area contributed by atoms with Crippen molar-refractivity contribution in [3.63, 3.8) is 0 Å². The predicted molar refractivity (Wildman–Crippen MR) is 125 cm³/mol. The van der Waals surface area contributed by atoms with Gasteiger partial charge in [-0.15, -0.1) is 0 Å². The molecule has 0 saturated carbocycles. The minimum atomic E-state index is -2.89. The van der Waals surface area contributed by atoms with E-state index in [9.17, 15) is 27.2 Å². The van der Waals surface area contributed by atoms with E-state index < -0.39 is 55.2 Å². The molecule has 1 atom stereocenters. The number of benzene rings is 2. The normalized spacial score (nSPS) is 16.7. The number of hydrogen-bond acceptors (Lipinski definition) is 4. The highest BCUT2D eigenvalue weighted by Gasteiger charge is 2.46. The highest BCUT2D eigenvalue weighted by atomic mass is 19.3. The smallest absolute Gasteiger partial charge is 0.322 e. The zero-order valence-corrected chi connectivity index (χ0v) is 19.7. The molecule has 0 radical (unpaired) electrons. The second kappa shape index (κ2) is 9.41. The molecule has 12 heteroatoms. The summed E-state index contributed by atoms with van der Waals surface area (Å²) in [5, 5.41) is 9.26. The Morgan fingerprint density at radius 3 is 2.68 bits per heavy atom. The molecule has 0 unspecified atom stereocenters. The van der Waals surface area contributed by atoms with Crippen molar-refractivity contribution in [2.75, 3.05) is 31.1 Å². The third-order valence-electron chi connectivity index (χ3n) is 6.41. The highest BCUT2D eigenvalue weighted by Crippen LogP contribution is 2.35. The number of halogens is 4. The molecule has 1 aromatic heterocycles. The molecule has 0 spiro atoms. The first kappa shape index (κ1) is 24.6. The van der Waals surface area contributed by atoms with Gasteiger partial charge in [-0.1, -0.05) is 0 Å². The van der Waals surface area contributed by atoms with Gasteiger partial charge in [-0.25, -0.2) is 22.4 Å². The maximum Gasteiger partial charge on any atom is 0.322 e. The van der Waals surface area contributed by atoms with Crippen LogP contribution in [-0.4, -0.2) is 59.2 Å². The predicted octanol–water partition coefficient (Wildman–Crippen LogP) is 4.04. The first-order valence-electron chi connectivity index (χ1n) is 11.6. The molecule has 0 bridgehead atoms. The molecule has 37 heavy (non-hydrogen) atoms. The summed E-state index contributed by atoms with van der Waals surface area (Å²) in [4.78, 5) is 27.4. The second-order valence-corrected chi connectivity index (χ2v) is 9.14. The maximum absolute atomic E-state index is 14.8. The van der Waals surface area contributed by atoms with Gasteiger partial charge < -0.3 is 15.0 Å². The highest BCUT2D eigenvalue weighted by molar-refractivity contribution is 5.95. The molecule has 3 heterocycles. The molecule has 3 aromatic rings. The fourth-order valence-electron chi connectivity index (χ4n) is 4.43. The minimum absolute atomic E-state index is 0.0251. The van der Waals surface area contributed by atoms with Crippen molar-refractivity contribution in [2.45, 2.75) is 25.3 Å². The lowest BCUT2D eigenvalue weighted by Gasteiger charge is -2.38. The monoisotopic (exact) mass is 517 g/mol. The first-order chi connectivity index (χ1) is 17.6. The summed E-state index contributed by atoms with van der Waals surface area (Å²) in [7, 11) is 0. The van der Waals surface area contributed by atoms with Crippen LogP contribution < -0.4 is 15.0 Å². The summed E-state index contributed by atoms with van der Waals surface area (Å²) in [6.45, 7) is 0.138.